The molecule has 134 valence electrons. The molecule has 1 heterocycles. The van der Waals surface area contributed by atoms with Crippen molar-refractivity contribution in [3.05, 3.63) is 35.9 Å². The minimum Gasteiger partial charge on any atom is -0.444 e. The van der Waals surface area contributed by atoms with Crippen LogP contribution in [0.15, 0.2) is 30.3 Å². The Balaban J connectivity index is 2.31. The van der Waals surface area contributed by atoms with E-state index < -0.39 is 5.60 Å². The largest absolute Gasteiger partial charge is 0.444 e. The van der Waals surface area contributed by atoms with Gasteiger partial charge in [0.2, 0.25) is 0 Å². The topological polar surface area (TPSA) is 32.8 Å². The van der Waals surface area contributed by atoms with E-state index in [0.29, 0.717) is 0 Å². The molecule has 1 amide bonds. The first-order valence-electron chi connectivity index (χ1n) is 8.92. The fourth-order valence-electron chi connectivity index (χ4n) is 3.51. The lowest BCUT2D eigenvalue weighted by atomic mass is 9.83. The Morgan fingerprint density at radius 3 is 2.17 bits per heavy atom. The van der Waals surface area contributed by atoms with Crippen molar-refractivity contribution in [3.8, 4) is 0 Å². The van der Waals surface area contributed by atoms with Gasteiger partial charge in [0.25, 0.3) is 0 Å². The van der Waals surface area contributed by atoms with Crippen molar-refractivity contribution in [2.45, 2.75) is 64.6 Å². The second kappa shape index (κ2) is 7.14. The summed E-state index contributed by atoms with van der Waals surface area (Å²) in [7, 11) is 1.84. The molecule has 0 saturated carbocycles. The highest BCUT2D eigenvalue weighted by Gasteiger charge is 2.43. The van der Waals surface area contributed by atoms with E-state index in [9.17, 15) is 4.79 Å². The van der Waals surface area contributed by atoms with E-state index in [-0.39, 0.29) is 17.7 Å². The third kappa shape index (κ3) is 3.92. The summed E-state index contributed by atoms with van der Waals surface area (Å²) in [5.74, 6) is 0. The van der Waals surface area contributed by atoms with Gasteiger partial charge in [-0.15, -0.1) is 0 Å². The highest BCUT2D eigenvalue weighted by Crippen LogP contribution is 2.37. The average molecular weight is 332 g/mol. The SMILES string of the molecule is C[C@H](N(C)C(=O)OC(C)(C)C)[C@@](C)(c1ccccc1)N1CCCC1. The van der Waals surface area contributed by atoms with E-state index in [1.165, 1.54) is 18.4 Å². The number of benzene rings is 1. The number of hydrogen-bond donors (Lipinski definition) is 0. The quantitative estimate of drug-likeness (QED) is 0.826. The molecule has 1 aromatic carbocycles. The fraction of sp³-hybridized carbons (Fsp3) is 0.650. The number of amides is 1. The van der Waals surface area contributed by atoms with Crippen molar-refractivity contribution in [2.24, 2.45) is 0 Å². The normalized spacial score (nSPS) is 19.6. The Hall–Kier alpha value is -1.55. The van der Waals surface area contributed by atoms with Crippen LogP contribution in [-0.2, 0) is 10.3 Å². The van der Waals surface area contributed by atoms with Crippen molar-refractivity contribution >= 4 is 6.09 Å². The van der Waals surface area contributed by atoms with Gasteiger partial charge in [-0.1, -0.05) is 30.3 Å². The lowest BCUT2D eigenvalue weighted by Gasteiger charge is -2.47. The Bertz CT molecular complexity index is 547. The Labute approximate surface area is 146 Å². The van der Waals surface area contributed by atoms with Gasteiger partial charge in [0.05, 0.1) is 11.6 Å². The predicted molar refractivity (Wildman–Crippen MR) is 98.1 cm³/mol. The van der Waals surface area contributed by atoms with Gasteiger partial charge in [-0.2, -0.15) is 0 Å². The second-order valence-corrected chi connectivity index (χ2v) is 7.97. The van der Waals surface area contributed by atoms with Gasteiger partial charge in [0.1, 0.15) is 5.60 Å². The van der Waals surface area contributed by atoms with Gasteiger partial charge >= 0.3 is 6.09 Å². The molecule has 1 aliphatic rings. The molecule has 0 radical (unpaired) electrons. The first-order valence-corrected chi connectivity index (χ1v) is 8.92. The standard InChI is InChI=1S/C20H32N2O2/c1-16(21(6)18(23)24-19(2,3)4)20(5,22-14-10-11-15-22)17-12-8-7-9-13-17/h7-9,12-13,16H,10-11,14-15H2,1-6H3/t16-,20-/m0/s1. The first-order chi connectivity index (χ1) is 11.2. The zero-order valence-electron chi connectivity index (χ0n) is 16.0. The van der Waals surface area contributed by atoms with E-state index in [1.807, 2.05) is 33.9 Å². The molecule has 1 saturated heterocycles. The van der Waals surface area contributed by atoms with Crippen LogP contribution in [0.3, 0.4) is 0 Å². The Morgan fingerprint density at radius 1 is 1.12 bits per heavy atom. The van der Waals surface area contributed by atoms with Crippen LogP contribution >= 0.6 is 0 Å². The number of rotatable bonds is 4. The fourth-order valence-corrected chi connectivity index (χ4v) is 3.51. The van der Waals surface area contributed by atoms with E-state index in [1.54, 1.807) is 4.90 Å². The molecule has 0 spiro atoms. The molecule has 1 aliphatic heterocycles. The molecule has 0 aliphatic carbocycles. The predicted octanol–water partition coefficient (Wildman–Crippen LogP) is 4.25. The monoisotopic (exact) mass is 332 g/mol. The Kier molecular flexibility index (Phi) is 5.59. The van der Waals surface area contributed by atoms with Crippen molar-refractivity contribution in [3.63, 3.8) is 0 Å². The number of nitrogens with zero attached hydrogens (tertiary/aromatic N) is 2. The lowest BCUT2D eigenvalue weighted by Crippen LogP contribution is -2.57. The van der Waals surface area contributed by atoms with Crippen LogP contribution < -0.4 is 0 Å². The van der Waals surface area contributed by atoms with Gasteiger partial charge < -0.3 is 9.64 Å². The van der Waals surface area contributed by atoms with E-state index in [0.717, 1.165) is 13.1 Å². The van der Waals surface area contributed by atoms with Gasteiger partial charge in [0, 0.05) is 7.05 Å². The van der Waals surface area contributed by atoms with Gasteiger partial charge in [-0.3, -0.25) is 4.90 Å². The average Bonchev–Trinajstić information content (AvgIpc) is 3.06. The van der Waals surface area contributed by atoms with E-state index in [4.69, 9.17) is 4.74 Å². The van der Waals surface area contributed by atoms with Crippen LogP contribution in [0.2, 0.25) is 0 Å². The lowest BCUT2D eigenvalue weighted by molar-refractivity contribution is -0.00542. The molecular weight excluding hydrogens is 300 g/mol. The molecular formula is C20H32N2O2. The van der Waals surface area contributed by atoms with Crippen LogP contribution in [-0.4, -0.2) is 47.7 Å². The van der Waals surface area contributed by atoms with E-state index >= 15 is 0 Å². The maximum absolute atomic E-state index is 12.6. The zero-order chi connectivity index (χ0) is 18.0. The zero-order valence-corrected chi connectivity index (χ0v) is 16.0. The summed E-state index contributed by atoms with van der Waals surface area (Å²) in [6, 6.07) is 10.5. The highest BCUT2D eigenvalue weighted by atomic mass is 16.6. The van der Waals surface area contributed by atoms with Crippen molar-refractivity contribution in [1.29, 1.82) is 0 Å². The molecule has 0 aromatic heterocycles. The molecule has 24 heavy (non-hydrogen) atoms. The smallest absolute Gasteiger partial charge is 0.410 e. The van der Waals surface area contributed by atoms with Gasteiger partial charge in [0.15, 0.2) is 0 Å². The molecule has 4 nitrogen and oxygen atoms in total. The number of likely N-dealkylation sites (tertiary alicyclic amines) is 1. The molecule has 1 fully saturated rings. The number of carbonyl (C=O) groups is 1. The second-order valence-electron chi connectivity index (χ2n) is 7.97. The molecule has 0 bridgehead atoms. The summed E-state index contributed by atoms with van der Waals surface area (Å²) in [5, 5.41) is 0. The van der Waals surface area contributed by atoms with Crippen LogP contribution in [0.4, 0.5) is 4.79 Å². The third-order valence-corrected chi connectivity index (χ3v) is 5.20. The minimum atomic E-state index is -0.484. The van der Waals surface area contributed by atoms with Gasteiger partial charge in [-0.25, -0.2) is 4.79 Å². The summed E-state index contributed by atoms with van der Waals surface area (Å²) in [4.78, 5) is 16.8. The van der Waals surface area contributed by atoms with Crippen LogP contribution in [0.1, 0.15) is 53.0 Å². The van der Waals surface area contributed by atoms with Crippen molar-refractivity contribution in [2.75, 3.05) is 20.1 Å². The van der Waals surface area contributed by atoms with Crippen LogP contribution in [0, 0.1) is 0 Å². The maximum Gasteiger partial charge on any atom is 0.410 e. The highest BCUT2D eigenvalue weighted by molar-refractivity contribution is 5.68. The minimum absolute atomic E-state index is 0.00662. The molecule has 2 atom stereocenters. The van der Waals surface area contributed by atoms with E-state index in [2.05, 4.69) is 43.0 Å². The van der Waals surface area contributed by atoms with Crippen LogP contribution in [0.25, 0.3) is 0 Å². The van der Waals surface area contributed by atoms with Crippen LogP contribution in [0.5, 0.6) is 0 Å². The van der Waals surface area contributed by atoms with Crippen molar-refractivity contribution in [1.82, 2.24) is 9.80 Å². The number of ether oxygens (including phenoxy) is 1. The summed E-state index contributed by atoms with van der Waals surface area (Å²) >= 11 is 0. The number of hydrogen-bond acceptors (Lipinski definition) is 3. The summed E-state index contributed by atoms with van der Waals surface area (Å²) in [6.07, 6.45) is 2.16. The molecule has 0 N–H and O–H groups in total. The Morgan fingerprint density at radius 2 is 1.67 bits per heavy atom. The molecule has 1 aromatic rings. The first kappa shape index (κ1) is 18.8. The number of carbonyl (C=O) groups excluding carboxylic acids is 1. The van der Waals surface area contributed by atoms with Gasteiger partial charge in [-0.05, 0) is 66.1 Å². The van der Waals surface area contributed by atoms with Crippen molar-refractivity contribution < 1.29 is 9.53 Å². The summed E-state index contributed by atoms with van der Waals surface area (Å²) in [5.41, 5.74) is 0.528. The summed E-state index contributed by atoms with van der Waals surface area (Å²) in [6.45, 7) is 12.2. The third-order valence-electron chi connectivity index (χ3n) is 5.20. The molecule has 2 rings (SSSR count). The maximum atomic E-state index is 12.6. The molecule has 0 unspecified atom stereocenters. The molecule has 4 heteroatoms. The number of likely N-dealkylation sites (N-methyl/N-ethyl adjacent to an activating group) is 1. The summed E-state index contributed by atoms with van der Waals surface area (Å²) < 4.78 is 5.58.